The van der Waals surface area contributed by atoms with E-state index in [1.54, 1.807) is 0 Å². The summed E-state index contributed by atoms with van der Waals surface area (Å²) in [6.45, 7) is 4.00. The van der Waals surface area contributed by atoms with Crippen LogP contribution in [0.1, 0.15) is 0 Å². The molecule has 0 saturated carbocycles. The molecule has 0 amide bonds. The molecule has 0 saturated heterocycles. The normalized spacial score (nSPS) is 11.5. The van der Waals surface area contributed by atoms with Crippen LogP contribution in [0.3, 0.4) is 0 Å². The summed E-state index contributed by atoms with van der Waals surface area (Å²) in [5.41, 5.74) is 0. The fourth-order valence-corrected chi connectivity index (χ4v) is 6.16. The van der Waals surface area contributed by atoms with E-state index in [-0.39, 0.29) is 0 Å². The number of hydrogen-bond acceptors (Lipinski definition) is 1. The van der Waals surface area contributed by atoms with Crippen molar-refractivity contribution in [1.29, 1.82) is 0 Å². The van der Waals surface area contributed by atoms with Gasteiger partial charge in [-0.3, -0.25) is 0 Å². The van der Waals surface area contributed by atoms with E-state index in [1.807, 2.05) is 11.8 Å². The zero-order valence-electron chi connectivity index (χ0n) is 6.12. The monoisotopic (exact) mass is 238 g/mol. The maximum absolute atomic E-state index is 4.00. The van der Waals surface area contributed by atoms with E-state index in [9.17, 15) is 0 Å². The first-order valence-corrected chi connectivity index (χ1v) is 13.9. The first kappa shape index (κ1) is 8.89. The molecule has 0 unspecified atom stereocenters. The van der Waals surface area contributed by atoms with Gasteiger partial charge in [0.25, 0.3) is 0 Å². The topological polar surface area (TPSA) is 0 Å². The molecule has 0 atom stereocenters. The Bertz CT molecular complexity index is 91.2. The molecule has 0 aromatic heterocycles. The van der Waals surface area contributed by atoms with Crippen molar-refractivity contribution in [3.63, 3.8) is 0 Å². The minimum absolute atomic E-state index is 1.46. The van der Waals surface area contributed by atoms with E-state index in [2.05, 4.69) is 27.7 Å². The van der Waals surface area contributed by atoms with Gasteiger partial charge in [-0.2, -0.15) is 0 Å². The molecule has 0 spiro atoms. The maximum atomic E-state index is 4.00. The van der Waals surface area contributed by atoms with Gasteiger partial charge < -0.3 is 0 Å². The second-order valence-corrected chi connectivity index (χ2v) is 19.4. The molecular formula is C6H14SSn. The SMILES string of the molecule is C=[C](SC)[Sn]([CH3])([CH3])[CH3]. The molecule has 0 radical (unpaired) electrons. The summed E-state index contributed by atoms with van der Waals surface area (Å²) in [4.78, 5) is 7.15. The van der Waals surface area contributed by atoms with Crippen LogP contribution in [0.25, 0.3) is 0 Å². The summed E-state index contributed by atoms with van der Waals surface area (Å²) in [5, 5.41) is 0. The molecule has 0 aliphatic rings. The van der Waals surface area contributed by atoms with Crippen LogP contribution in [0, 0.1) is 0 Å². The quantitative estimate of drug-likeness (QED) is 0.665. The molecule has 0 aliphatic carbocycles. The molecule has 8 heavy (non-hydrogen) atoms. The molecule has 0 rings (SSSR count). The van der Waals surface area contributed by atoms with Crippen LogP contribution in [0.5, 0.6) is 0 Å². The molecule has 48 valence electrons. The van der Waals surface area contributed by atoms with E-state index >= 15 is 0 Å². The molecule has 0 aliphatic heterocycles. The Morgan fingerprint density at radius 2 is 1.75 bits per heavy atom. The van der Waals surface area contributed by atoms with Crippen molar-refractivity contribution in [2.24, 2.45) is 0 Å². The zero-order valence-corrected chi connectivity index (χ0v) is 9.79. The molecule has 0 nitrogen and oxygen atoms in total. The first-order chi connectivity index (χ1) is 3.48. The predicted octanol–water partition coefficient (Wildman–Crippen LogP) is 2.74. The second-order valence-electron chi connectivity index (χ2n) is 2.88. The number of hydrogen-bond donors (Lipinski definition) is 0. The van der Waals surface area contributed by atoms with Crippen LogP contribution in [-0.4, -0.2) is 24.6 Å². The minimum atomic E-state index is -1.64. The van der Waals surface area contributed by atoms with Gasteiger partial charge in [-0.05, 0) is 0 Å². The van der Waals surface area contributed by atoms with Crippen molar-refractivity contribution in [1.82, 2.24) is 0 Å². The van der Waals surface area contributed by atoms with E-state index in [4.69, 9.17) is 0 Å². The van der Waals surface area contributed by atoms with Gasteiger partial charge in [0.1, 0.15) is 0 Å². The van der Waals surface area contributed by atoms with E-state index < -0.39 is 18.4 Å². The van der Waals surface area contributed by atoms with E-state index in [1.165, 1.54) is 2.92 Å². The van der Waals surface area contributed by atoms with Crippen molar-refractivity contribution in [2.75, 3.05) is 6.26 Å². The Hall–Kier alpha value is 0.889. The third-order valence-electron chi connectivity index (χ3n) is 1.08. The van der Waals surface area contributed by atoms with E-state index in [0.717, 1.165) is 0 Å². The number of thioether (sulfide) groups is 1. The van der Waals surface area contributed by atoms with Gasteiger partial charge in [-0.1, -0.05) is 0 Å². The first-order valence-electron chi connectivity index (χ1n) is 2.72. The Kier molecular flexibility index (Phi) is 3.51. The van der Waals surface area contributed by atoms with Crippen LogP contribution in [0.2, 0.25) is 14.8 Å². The molecule has 0 aromatic rings. The fourth-order valence-electron chi connectivity index (χ4n) is 0.306. The molecule has 0 fully saturated rings. The van der Waals surface area contributed by atoms with Crippen LogP contribution < -0.4 is 0 Å². The molecule has 0 heterocycles. The van der Waals surface area contributed by atoms with Crippen molar-refractivity contribution >= 4 is 30.1 Å². The molecule has 2 heteroatoms. The van der Waals surface area contributed by atoms with Crippen molar-refractivity contribution in [3.05, 3.63) is 9.50 Å². The summed E-state index contributed by atoms with van der Waals surface area (Å²) in [6.07, 6.45) is 2.12. The van der Waals surface area contributed by atoms with Gasteiger partial charge in [0.15, 0.2) is 0 Å². The van der Waals surface area contributed by atoms with Gasteiger partial charge in [-0.25, -0.2) is 0 Å². The summed E-state index contributed by atoms with van der Waals surface area (Å²) in [5.74, 6) is 0. The van der Waals surface area contributed by atoms with Gasteiger partial charge in [0.05, 0.1) is 0 Å². The molecule has 0 N–H and O–H groups in total. The summed E-state index contributed by atoms with van der Waals surface area (Å²) in [7, 11) is 0. The van der Waals surface area contributed by atoms with Gasteiger partial charge >= 0.3 is 60.7 Å². The average Bonchev–Trinajstić information content (AvgIpc) is 1.62. The molecule has 0 aromatic carbocycles. The Balaban J connectivity index is 3.82. The van der Waals surface area contributed by atoms with Crippen LogP contribution in [0.4, 0.5) is 0 Å². The van der Waals surface area contributed by atoms with Gasteiger partial charge in [0, 0.05) is 0 Å². The summed E-state index contributed by atoms with van der Waals surface area (Å²) < 4.78 is 1.46. The average molecular weight is 237 g/mol. The predicted molar refractivity (Wildman–Crippen MR) is 46.0 cm³/mol. The van der Waals surface area contributed by atoms with Crippen LogP contribution in [0.15, 0.2) is 9.50 Å². The van der Waals surface area contributed by atoms with Gasteiger partial charge in [-0.15, -0.1) is 0 Å². The zero-order chi connectivity index (χ0) is 6.78. The third kappa shape index (κ3) is 3.02. The third-order valence-corrected chi connectivity index (χ3v) is 12.2. The summed E-state index contributed by atoms with van der Waals surface area (Å²) in [6, 6.07) is 0. The van der Waals surface area contributed by atoms with E-state index in [0.29, 0.717) is 0 Å². The van der Waals surface area contributed by atoms with Crippen molar-refractivity contribution in [3.8, 4) is 0 Å². The fraction of sp³-hybridized carbons (Fsp3) is 0.667. The van der Waals surface area contributed by atoms with Crippen LogP contribution >= 0.6 is 11.8 Å². The number of rotatable bonds is 2. The van der Waals surface area contributed by atoms with Crippen molar-refractivity contribution in [2.45, 2.75) is 14.8 Å². The van der Waals surface area contributed by atoms with Crippen molar-refractivity contribution < 1.29 is 0 Å². The summed E-state index contributed by atoms with van der Waals surface area (Å²) >= 11 is 0.189. The standard InChI is InChI=1S/C3H5S.3CH3.Sn/c1-3-4-2;;;;/h1H2,2H3;3*1H3;. The van der Waals surface area contributed by atoms with Crippen LogP contribution in [-0.2, 0) is 0 Å². The molecular weight excluding hydrogens is 223 g/mol. The Morgan fingerprint density at radius 1 is 1.38 bits per heavy atom. The second kappa shape index (κ2) is 3.16. The van der Waals surface area contributed by atoms with Gasteiger partial charge in [0.2, 0.25) is 0 Å². The Labute approximate surface area is 60.6 Å². The molecule has 0 bridgehead atoms. The Morgan fingerprint density at radius 3 is 1.75 bits per heavy atom.